The molecule has 0 saturated carbocycles. The molecule has 0 aliphatic heterocycles. The Balaban J connectivity index is 2.57. The fourth-order valence-corrected chi connectivity index (χ4v) is 1.38. The van der Waals surface area contributed by atoms with Gasteiger partial charge in [0, 0.05) is 20.1 Å². The molecule has 5 heteroatoms. The van der Waals surface area contributed by atoms with Crippen LogP contribution >= 0.6 is 0 Å². The zero-order chi connectivity index (χ0) is 12.2. The van der Waals surface area contributed by atoms with Crippen LogP contribution in [0.2, 0.25) is 0 Å². The van der Waals surface area contributed by atoms with Gasteiger partial charge >= 0.3 is 0 Å². The molecular weight excluding hydrogens is 206 g/mol. The van der Waals surface area contributed by atoms with Crippen LogP contribution in [-0.2, 0) is 17.6 Å². The van der Waals surface area contributed by atoms with Crippen LogP contribution in [0.1, 0.15) is 32.5 Å². The molecule has 1 unspecified atom stereocenters. The normalized spacial score (nSPS) is 14.1. The first kappa shape index (κ1) is 13.1. The molecule has 0 amide bonds. The van der Waals surface area contributed by atoms with E-state index < -0.39 is 0 Å². The molecule has 0 radical (unpaired) electrons. The van der Waals surface area contributed by atoms with E-state index in [0.717, 1.165) is 12.2 Å². The van der Waals surface area contributed by atoms with Gasteiger partial charge < -0.3 is 15.0 Å². The molecule has 1 aromatic rings. The molecule has 16 heavy (non-hydrogen) atoms. The predicted molar refractivity (Wildman–Crippen MR) is 61.0 cm³/mol. The summed E-state index contributed by atoms with van der Waals surface area (Å²) >= 11 is 0. The van der Waals surface area contributed by atoms with Crippen LogP contribution in [0.3, 0.4) is 0 Å². The summed E-state index contributed by atoms with van der Waals surface area (Å²) in [4.78, 5) is 4.32. The predicted octanol–water partition coefficient (Wildman–Crippen LogP) is 1.17. The summed E-state index contributed by atoms with van der Waals surface area (Å²) in [5, 5.41) is 3.94. The zero-order valence-corrected chi connectivity index (χ0v) is 10.5. The summed E-state index contributed by atoms with van der Waals surface area (Å²) in [5.41, 5.74) is 5.69. The van der Waals surface area contributed by atoms with Crippen molar-refractivity contribution in [1.82, 2.24) is 10.1 Å². The number of aromatic nitrogens is 2. The second-order valence-electron chi connectivity index (χ2n) is 5.14. The van der Waals surface area contributed by atoms with E-state index in [9.17, 15) is 0 Å². The Morgan fingerprint density at radius 1 is 1.44 bits per heavy atom. The Morgan fingerprint density at radius 2 is 2.12 bits per heavy atom. The molecule has 0 bridgehead atoms. The molecule has 92 valence electrons. The molecule has 0 aromatic carbocycles. The summed E-state index contributed by atoms with van der Waals surface area (Å²) in [6, 6.07) is 0. The van der Waals surface area contributed by atoms with Gasteiger partial charge in [-0.2, -0.15) is 4.98 Å². The minimum Gasteiger partial charge on any atom is -0.380 e. The molecule has 0 aliphatic carbocycles. The van der Waals surface area contributed by atoms with E-state index in [0.29, 0.717) is 18.9 Å². The SMILES string of the molecule is COC(CN)Cc1nc(CC(C)(C)C)no1. The van der Waals surface area contributed by atoms with Crippen molar-refractivity contribution in [3.05, 3.63) is 11.7 Å². The van der Waals surface area contributed by atoms with E-state index in [1.165, 1.54) is 0 Å². The Kier molecular flexibility index (Phi) is 4.44. The molecule has 1 aromatic heterocycles. The zero-order valence-electron chi connectivity index (χ0n) is 10.5. The molecule has 5 nitrogen and oxygen atoms in total. The van der Waals surface area contributed by atoms with Crippen molar-refractivity contribution in [2.45, 2.75) is 39.7 Å². The highest BCUT2D eigenvalue weighted by molar-refractivity contribution is 4.91. The second kappa shape index (κ2) is 5.41. The third-order valence-electron chi connectivity index (χ3n) is 2.20. The molecule has 2 N–H and O–H groups in total. The van der Waals surface area contributed by atoms with Gasteiger partial charge in [-0.3, -0.25) is 0 Å². The highest BCUT2D eigenvalue weighted by atomic mass is 16.5. The highest BCUT2D eigenvalue weighted by Crippen LogP contribution is 2.18. The molecule has 0 aliphatic rings. The Hall–Kier alpha value is -0.940. The average molecular weight is 227 g/mol. The van der Waals surface area contributed by atoms with Crippen molar-refractivity contribution < 1.29 is 9.26 Å². The van der Waals surface area contributed by atoms with E-state index in [1.54, 1.807) is 7.11 Å². The van der Waals surface area contributed by atoms with Crippen molar-refractivity contribution >= 4 is 0 Å². The fraction of sp³-hybridized carbons (Fsp3) is 0.818. The summed E-state index contributed by atoms with van der Waals surface area (Å²) in [7, 11) is 1.63. The Bertz CT molecular complexity index is 313. The molecule has 0 saturated heterocycles. The van der Waals surface area contributed by atoms with E-state index in [2.05, 4.69) is 30.9 Å². The van der Waals surface area contributed by atoms with Gasteiger partial charge in [-0.25, -0.2) is 0 Å². The van der Waals surface area contributed by atoms with Crippen molar-refractivity contribution in [2.24, 2.45) is 11.1 Å². The standard InChI is InChI=1S/C11H21N3O2/c1-11(2,3)6-9-13-10(16-14-9)5-8(7-12)15-4/h8H,5-7,12H2,1-4H3. The topological polar surface area (TPSA) is 74.2 Å². The quantitative estimate of drug-likeness (QED) is 0.817. The van der Waals surface area contributed by atoms with Crippen molar-refractivity contribution in [3.63, 3.8) is 0 Å². The van der Waals surface area contributed by atoms with Crippen LogP contribution in [0, 0.1) is 5.41 Å². The summed E-state index contributed by atoms with van der Waals surface area (Å²) in [5.74, 6) is 1.34. The number of hydrogen-bond acceptors (Lipinski definition) is 5. The van der Waals surface area contributed by atoms with E-state index in [4.69, 9.17) is 15.0 Å². The lowest BCUT2D eigenvalue weighted by atomic mass is 9.92. The van der Waals surface area contributed by atoms with Gasteiger partial charge in [0.2, 0.25) is 5.89 Å². The Morgan fingerprint density at radius 3 is 2.62 bits per heavy atom. The first-order chi connectivity index (χ1) is 7.44. The fourth-order valence-electron chi connectivity index (χ4n) is 1.38. The van der Waals surface area contributed by atoms with Gasteiger partial charge in [-0.1, -0.05) is 25.9 Å². The van der Waals surface area contributed by atoms with Crippen LogP contribution in [0.4, 0.5) is 0 Å². The maximum absolute atomic E-state index is 5.52. The Labute approximate surface area is 96.4 Å². The average Bonchev–Trinajstić information content (AvgIpc) is 2.59. The van der Waals surface area contributed by atoms with Gasteiger partial charge in [-0.15, -0.1) is 0 Å². The summed E-state index contributed by atoms with van der Waals surface area (Å²) in [6.45, 7) is 6.87. The third-order valence-corrected chi connectivity index (χ3v) is 2.20. The lowest BCUT2D eigenvalue weighted by Crippen LogP contribution is -2.24. The van der Waals surface area contributed by atoms with E-state index in [-0.39, 0.29) is 11.5 Å². The van der Waals surface area contributed by atoms with Crippen molar-refractivity contribution in [3.8, 4) is 0 Å². The molecule has 1 atom stereocenters. The van der Waals surface area contributed by atoms with Crippen LogP contribution < -0.4 is 5.73 Å². The van der Waals surface area contributed by atoms with Gasteiger partial charge in [0.15, 0.2) is 5.82 Å². The minimum atomic E-state index is -0.0528. The molecule has 1 rings (SSSR count). The number of rotatable bonds is 5. The van der Waals surface area contributed by atoms with Gasteiger partial charge in [0.1, 0.15) is 0 Å². The summed E-state index contributed by atoms with van der Waals surface area (Å²) < 4.78 is 10.3. The van der Waals surface area contributed by atoms with Gasteiger partial charge in [0.05, 0.1) is 12.5 Å². The van der Waals surface area contributed by atoms with Crippen molar-refractivity contribution in [2.75, 3.05) is 13.7 Å². The highest BCUT2D eigenvalue weighted by Gasteiger charge is 2.17. The number of ether oxygens (including phenoxy) is 1. The number of nitrogens with zero attached hydrogens (tertiary/aromatic N) is 2. The van der Waals surface area contributed by atoms with Crippen LogP contribution in [-0.4, -0.2) is 29.9 Å². The van der Waals surface area contributed by atoms with Crippen LogP contribution in [0.15, 0.2) is 4.52 Å². The molecule has 1 heterocycles. The van der Waals surface area contributed by atoms with Crippen LogP contribution in [0.25, 0.3) is 0 Å². The molecule has 0 spiro atoms. The largest absolute Gasteiger partial charge is 0.380 e. The first-order valence-corrected chi connectivity index (χ1v) is 5.49. The maximum Gasteiger partial charge on any atom is 0.229 e. The second-order valence-corrected chi connectivity index (χ2v) is 5.14. The maximum atomic E-state index is 5.52. The van der Waals surface area contributed by atoms with E-state index in [1.807, 2.05) is 0 Å². The number of methoxy groups -OCH3 is 1. The molecular formula is C11H21N3O2. The van der Waals surface area contributed by atoms with Crippen molar-refractivity contribution in [1.29, 1.82) is 0 Å². The van der Waals surface area contributed by atoms with Crippen LogP contribution in [0.5, 0.6) is 0 Å². The monoisotopic (exact) mass is 227 g/mol. The van der Waals surface area contributed by atoms with E-state index >= 15 is 0 Å². The lowest BCUT2D eigenvalue weighted by Gasteiger charge is -2.14. The lowest BCUT2D eigenvalue weighted by molar-refractivity contribution is 0.102. The van der Waals surface area contributed by atoms with Gasteiger partial charge in [-0.05, 0) is 5.41 Å². The van der Waals surface area contributed by atoms with Gasteiger partial charge in [0.25, 0.3) is 0 Å². The minimum absolute atomic E-state index is 0.0528. The smallest absolute Gasteiger partial charge is 0.229 e. The summed E-state index contributed by atoms with van der Waals surface area (Å²) in [6.07, 6.45) is 1.32. The number of hydrogen-bond donors (Lipinski definition) is 1. The number of nitrogens with two attached hydrogens (primary N) is 1. The third kappa shape index (κ3) is 4.28. The first-order valence-electron chi connectivity index (χ1n) is 5.49. The molecule has 0 fully saturated rings.